The van der Waals surface area contributed by atoms with Crippen molar-refractivity contribution in [1.29, 1.82) is 0 Å². The van der Waals surface area contributed by atoms with Gasteiger partial charge in [-0.15, -0.1) is 0 Å². The van der Waals surface area contributed by atoms with Crippen molar-refractivity contribution in [2.45, 2.75) is 12.1 Å². The molecular formula is C16H17N5O. The van der Waals surface area contributed by atoms with Crippen molar-refractivity contribution in [2.24, 2.45) is 0 Å². The molecule has 22 heavy (non-hydrogen) atoms. The largest absolute Gasteiger partial charge is 0.390 e. The number of β-amino-alcohol motifs (C(OH)–C–C–N with tert-alkyl or cyclic N) is 1. The van der Waals surface area contributed by atoms with Crippen molar-refractivity contribution in [1.82, 2.24) is 24.6 Å². The van der Waals surface area contributed by atoms with E-state index in [9.17, 15) is 5.11 Å². The Labute approximate surface area is 128 Å². The number of aromatic nitrogens is 4. The molecule has 1 aliphatic rings. The molecule has 0 aliphatic carbocycles. The number of hydrogen-bond acceptors (Lipinski definition) is 4. The molecule has 112 valence electrons. The van der Waals surface area contributed by atoms with Crippen molar-refractivity contribution in [2.75, 3.05) is 13.1 Å². The first-order chi connectivity index (χ1) is 10.8. The summed E-state index contributed by atoms with van der Waals surface area (Å²) in [7, 11) is 0. The predicted octanol–water partition coefficient (Wildman–Crippen LogP) is 1.24. The molecule has 0 bridgehead atoms. The third-order valence-corrected chi connectivity index (χ3v) is 4.05. The number of rotatable bonds is 3. The lowest BCUT2D eigenvalue weighted by molar-refractivity contribution is 0.151. The minimum absolute atomic E-state index is 0.00313. The highest BCUT2D eigenvalue weighted by molar-refractivity contribution is 5.54. The fraction of sp³-hybridized carbons (Fsp3) is 0.250. The third kappa shape index (κ3) is 2.13. The van der Waals surface area contributed by atoms with E-state index in [1.807, 2.05) is 51.8 Å². The number of aliphatic hydroxyl groups is 1. The van der Waals surface area contributed by atoms with Gasteiger partial charge in [0.2, 0.25) is 0 Å². The van der Waals surface area contributed by atoms with Gasteiger partial charge in [0.1, 0.15) is 5.69 Å². The third-order valence-electron chi connectivity index (χ3n) is 4.05. The molecular weight excluding hydrogens is 278 g/mol. The first-order valence-electron chi connectivity index (χ1n) is 7.36. The van der Waals surface area contributed by atoms with E-state index in [2.05, 4.69) is 15.4 Å². The van der Waals surface area contributed by atoms with Crippen LogP contribution in [-0.2, 0) is 0 Å². The van der Waals surface area contributed by atoms with E-state index in [1.165, 1.54) is 0 Å². The highest BCUT2D eigenvalue weighted by atomic mass is 16.3. The van der Waals surface area contributed by atoms with Crippen LogP contribution < -0.4 is 5.32 Å². The van der Waals surface area contributed by atoms with E-state index >= 15 is 0 Å². The Morgan fingerprint density at radius 2 is 1.95 bits per heavy atom. The van der Waals surface area contributed by atoms with Gasteiger partial charge < -0.3 is 15.0 Å². The molecule has 0 spiro atoms. The molecule has 1 saturated heterocycles. The number of hydrogen-bond donors (Lipinski definition) is 2. The molecule has 4 rings (SSSR count). The standard InChI is InChI=1S/C16H17N5O/c22-15-11-17-10-14(15)20-9-8-18-16(20)13-6-7-19-21(13)12-4-2-1-3-5-12/h1-9,14-15,17,22H,10-11H2/t14-,15-/m0/s1. The molecule has 2 aromatic heterocycles. The number of nitrogens with zero attached hydrogens (tertiary/aromatic N) is 4. The van der Waals surface area contributed by atoms with Gasteiger partial charge in [0, 0.05) is 25.5 Å². The van der Waals surface area contributed by atoms with Gasteiger partial charge in [-0.05, 0) is 18.2 Å². The van der Waals surface area contributed by atoms with E-state index in [-0.39, 0.29) is 6.04 Å². The molecule has 2 N–H and O–H groups in total. The minimum Gasteiger partial charge on any atom is -0.390 e. The summed E-state index contributed by atoms with van der Waals surface area (Å²) >= 11 is 0. The first kappa shape index (κ1) is 13.2. The average Bonchev–Trinajstić information content (AvgIpc) is 3.27. The van der Waals surface area contributed by atoms with Crippen LogP contribution in [0.15, 0.2) is 55.0 Å². The first-order valence-corrected chi connectivity index (χ1v) is 7.36. The van der Waals surface area contributed by atoms with Crippen LogP contribution in [0.3, 0.4) is 0 Å². The molecule has 1 aliphatic heterocycles. The zero-order chi connectivity index (χ0) is 14.9. The van der Waals surface area contributed by atoms with Crippen molar-refractivity contribution >= 4 is 0 Å². The highest BCUT2D eigenvalue weighted by Crippen LogP contribution is 2.26. The van der Waals surface area contributed by atoms with Crippen LogP contribution in [0.1, 0.15) is 6.04 Å². The van der Waals surface area contributed by atoms with Gasteiger partial charge in [0.05, 0.1) is 24.0 Å². The number of aliphatic hydroxyl groups excluding tert-OH is 1. The Kier molecular flexibility index (Phi) is 3.25. The van der Waals surface area contributed by atoms with Gasteiger partial charge in [-0.25, -0.2) is 9.67 Å². The van der Waals surface area contributed by atoms with Crippen LogP contribution in [-0.4, -0.2) is 43.6 Å². The summed E-state index contributed by atoms with van der Waals surface area (Å²) in [4.78, 5) is 4.49. The van der Waals surface area contributed by atoms with Crippen LogP contribution in [0.2, 0.25) is 0 Å². The molecule has 0 amide bonds. The van der Waals surface area contributed by atoms with Crippen LogP contribution in [0.5, 0.6) is 0 Å². The lowest BCUT2D eigenvalue weighted by Gasteiger charge is -2.18. The molecule has 2 atom stereocenters. The Morgan fingerprint density at radius 3 is 2.73 bits per heavy atom. The van der Waals surface area contributed by atoms with Gasteiger partial charge in [0.15, 0.2) is 5.82 Å². The average molecular weight is 295 g/mol. The number of para-hydroxylation sites is 1. The second-order valence-corrected chi connectivity index (χ2v) is 5.41. The van der Waals surface area contributed by atoms with Crippen LogP contribution >= 0.6 is 0 Å². The van der Waals surface area contributed by atoms with Crippen molar-refractivity contribution in [3.8, 4) is 17.2 Å². The molecule has 0 saturated carbocycles. The fourth-order valence-electron chi connectivity index (χ4n) is 2.96. The maximum Gasteiger partial charge on any atom is 0.159 e. The van der Waals surface area contributed by atoms with E-state index in [4.69, 9.17) is 0 Å². The van der Waals surface area contributed by atoms with Gasteiger partial charge in [-0.2, -0.15) is 5.10 Å². The van der Waals surface area contributed by atoms with Gasteiger partial charge in [-0.1, -0.05) is 18.2 Å². The second kappa shape index (κ2) is 5.40. The molecule has 3 heterocycles. The molecule has 1 aromatic carbocycles. The van der Waals surface area contributed by atoms with Crippen molar-refractivity contribution < 1.29 is 5.11 Å². The summed E-state index contributed by atoms with van der Waals surface area (Å²) in [5.74, 6) is 0.814. The molecule has 6 nitrogen and oxygen atoms in total. The van der Waals surface area contributed by atoms with E-state index < -0.39 is 6.10 Å². The Balaban J connectivity index is 1.79. The summed E-state index contributed by atoms with van der Waals surface area (Å²) < 4.78 is 3.90. The lowest BCUT2D eigenvalue weighted by Crippen LogP contribution is -2.22. The van der Waals surface area contributed by atoms with Gasteiger partial charge >= 0.3 is 0 Å². The maximum atomic E-state index is 10.1. The lowest BCUT2D eigenvalue weighted by atomic mass is 10.2. The Morgan fingerprint density at radius 1 is 1.09 bits per heavy atom. The highest BCUT2D eigenvalue weighted by Gasteiger charge is 2.28. The molecule has 6 heteroatoms. The molecule has 0 unspecified atom stereocenters. The Bertz CT molecular complexity index is 764. The monoisotopic (exact) mass is 295 g/mol. The minimum atomic E-state index is -0.402. The van der Waals surface area contributed by atoms with E-state index in [0.717, 1.165) is 23.8 Å². The number of imidazole rings is 1. The van der Waals surface area contributed by atoms with Crippen molar-refractivity contribution in [3.05, 3.63) is 55.0 Å². The smallest absolute Gasteiger partial charge is 0.159 e. The summed E-state index contributed by atoms with van der Waals surface area (Å²) in [6.07, 6.45) is 5.05. The number of nitrogens with one attached hydrogen (secondary N) is 1. The topological polar surface area (TPSA) is 67.9 Å². The van der Waals surface area contributed by atoms with Gasteiger partial charge in [0.25, 0.3) is 0 Å². The van der Waals surface area contributed by atoms with E-state index in [1.54, 1.807) is 12.4 Å². The SMILES string of the molecule is O[C@H]1CNC[C@@H]1n1ccnc1-c1ccnn1-c1ccccc1. The summed E-state index contributed by atoms with van der Waals surface area (Å²) in [5, 5.41) is 17.8. The Hall–Kier alpha value is -2.44. The predicted molar refractivity (Wildman–Crippen MR) is 82.7 cm³/mol. The second-order valence-electron chi connectivity index (χ2n) is 5.41. The number of benzene rings is 1. The van der Waals surface area contributed by atoms with E-state index in [0.29, 0.717) is 6.54 Å². The molecule has 3 aromatic rings. The van der Waals surface area contributed by atoms with Crippen LogP contribution in [0.25, 0.3) is 17.2 Å². The fourth-order valence-corrected chi connectivity index (χ4v) is 2.96. The normalized spacial score (nSPS) is 21.3. The zero-order valence-electron chi connectivity index (χ0n) is 12.0. The van der Waals surface area contributed by atoms with Crippen LogP contribution in [0, 0.1) is 0 Å². The van der Waals surface area contributed by atoms with Crippen LogP contribution in [0.4, 0.5) is 0 Å². The zero-order valence-corrected chi connectivity index (χ0v) is 12.0. The van der Waals surface area contributed by atoms with Gasteiger partial charge in [-0.3, -0.25) is 0 Å². The summed E-state index contributed by atoms with van der Waals surface area (Å²) in [6, 6.07) is 11.9. The molecule has 1 fully saturated rings. The summed E-state index contributed by atoms with van der Waals surface area (Å²) in [5.41, 5.74) is 1.90. The summed E-state index contributed by atoms with van der Waals surface area (Å²) in [6.45, 7) is 1.35. The quantitative estimate of drug-likeness (QED) is 0.763. The maximum absolute atomic E-state index is 10.1. The van der Waals surface area contributed by atoms with Crippen molar-refractivity contribution in [3.63, 3.8) is 0 Å². The molecule has 0 radical (unpaired) electrons.